The van der Waals surface area contributed by atoms with Crippen LogP contribution in [-0.4, -0.2) is 26.6 Å². The summed E-state index contributed by atoms with van der Waals surface area (Å²) in [6, 6.07) is -0.381. The highest BCUT2D eigenvalue weighted by Gasteiger charge is 2.32. The summed E-state index contributed by atoms with van der Waals surface area (Å²) >= 11 is 31.0. The van der Waals surface area contributed by atoms with Crippen molar-refractivity contribution in [1.82, 2.24) is 10.3 Å². The largest absolute Gasteiger partial charge is 0.501 e. The van der Waals surface area contributed by atoms with Gasteiger partial charge in [0.2, 0.25) is 5.91 Å². The van der Waals surface area contributed by atoms with Crippen molar-refractivity contribution < 1.29 is 9.53 Å². The molecule has 0 aliphatic carbocycles. The zero-order chi connectivity index (χ0) is 19.9. The van der Waals surface area contributed by atoms with Crippen molar-refractivity contribution in [3.8, 4) is 0 Å². The van der Waals surface area contributed by atoms with E-state index in [0.717, 1.165) is 5.01 Å². The van der Waals surface area contributed by atoms with Crippen LogP contribution in [0, 0.1) is 11.8 Å². The molecule has 26 heavy (non-hydrogen) atoms. The maximum absolute atomic E-state index is 12.4. The molecule has 10 heteroatoms. The number of nitrogens with zero attached hydrogens (tertiary/aromatic N) is 1. The van der Waals surface area contributed by atoms with Gasteiger partial charge in [0.25, 0.3) is 0 Å². The number of allylic oxidation sites excluding steroid dienone is 1. The van der Waals surface area contributed by atoms with Gasteiger partial charge in [0.05, 0.1) is 13.2 Å². The minimum Gasteiger partial charge on any atom is -0.501 e. The number of thiazole rings is 1. The lowest BCUT2D eigenvalue weighted by Gasteiger charge is -2.25. The third-order valence-corrected chi connectivity index (χ3v) is 6.59. The number of carbonyl (C=O) groups is 1. The van der Waals surface area contributed by atoms with E-state index in [4.69, 9.17) is 62.7 Å². The van der Waals surface area contributed by atoms with Crippen molar-refractivity contribution in [1.29, 1.82) is 0 Å². The predicted molar refractivity (Wildman–Crippen MR) is 111 cm³/mol. The molecule has 0 aromatic carbocycles. The molecule has 0 bridgehead atoms. The lowest BCUT2D eigenvalue weighted by atomic mass is 10.0. The average Bonchev–Trinajstić information content (AvgIpc) is 3.06. The Morgan fingerprint density at radius 1 is 1.38 bits per heavy atom. The number of alkyl halides is 5. The van der Waals surface area contributed by atoms with Gasteiger partial charge in [-0.1, -0.05) is 48.7 Å². The number of amides is 1. The Balaban J connectivity index is 2.86. The fourth-order valence-electron chi connectivity index (χ4n) is 2.08. The van der Waals surface area contributed by atoms with Gasteiger partial charge in [-0.2, -0.15) is 0 Å². The number of rotatable bonds is 9. The Morgan fingerprint density at radius 3 is 2.50 bits per heavy atom. The smallest absolute Gasteiger partial charge is 0.247 e. The first-order valence-corrected chi connectivity index (χ1v) is 10.7. The van der Waals surface area contributed by atoms with Gasteiger partial charge in [-0.3, -0.25) is 4.79 Å². The fraction of sp³-hybridized carbons (Fsp3) is 0.625. The Hall–Kier alpha value is 0.0900. The molecule has 4 nitrogen and oxygen atoms in total. The zero-order valence-electron chi connectivity index (χ0n) is 14.5. The second kappa shape index (κ2) is 11.2. The molecule has 0 radical (unpaired) electrons. The van der Waals surface area contributed by atoms with E-state index >= 15 is 0 Å². The number of methoxy groups -OCH3 is 1. The third-order valence-electron chi connectivity index (χ3n) is 3.72. The highest BCUT2D eigenvalue weighted by Crippen LogP contribution is 2.39. The summed E-state index contributed by atoms with van der Waals surface area (Å²) in [5, 5.41) is 5.47. The molecule has 0 saturated heterocycles. The molecule has 1 heterocycles. The Bertz CT molecular complexity index is 590. The lowest BCUT2D eigenvalue weighted by molar-refractivity contribution is -0.117. The lowest BCUT2D eigenvalue weighted by Crippen LogP contribution is -2.31. The van der Waals surface area contributed by atoms with Gasteiger partial charge in [-0.25, -0.2) is 4.98 Å². The standard InChI is InChI=1S/C16H21Cl5N2O2S/c1-9(14(17)18)6-11(25-3)8-13(24)23-12(15-22-4-5-26-15)7-10(2)16(19,20)21/h4-5,8-10,12,14H,6-7H2,1-3H3,(H,23,24)/b11-8-. The summed E-state index contributed by atoms with van der Waals surface area (Å²) in [6.45, 7) is 3.68. The summed E-state index contributed by atoms with van der Waals surface area (Å²) in [7, 11) is 1.49. The molecule has 0 aliphatic heterocycles. The van der Waals surface area contributed by atoms with Gasteiger partial charge in [-0.15, -0.1) is 34.5 Å². The first-order valence-electron chi connectivity index (χ1n) is 7.83. The summed E-state index contributed by atoms with van der Waals surface area (Å²) in [5.74, 6) is -0.197. The van der Waals surface area contributed by atoms with E-state index in [9.17, 15) is 4.79 Å². The van der Waals surface area contributed by atoms with E-state index in [1.807, 2.05) is 12.3 Å². The molecule has 0 saturated carbocycles. The van der Waals surface area contributed by atoms with Crippen LogP contribution >= 0.6 is 69.3 Å². The van der Waals surface area contributed by atoms with Gasteiger partial charge in [0.1, 0.15) is 15.6 Å². The normalized spacial score (nSPS) is 16.3. The molecule has 0 fully saturated rings. The monoisotopic (exact) mass is 480 g/mol. The van der Waals surface area contributed by atoms with Crippen LogP contribution in [0.4, 0.5) is 0 Å². The molecule has 1 amide bonds. The highest BCUT2D eigenvalue weighted by atomic mass is 35.6. The van der Waals surface area contributed by atoms with Crippen LogP contribution in [0.1, 0.15) is 37.7 Å². The second-order valence-corrected chi connectivity index (χ2v) is 10.4. The van der Waals surface area contributed by atoms with E-state index in [1.165, 1.54) is 24.5 Å². The Morgan fingerprint density at radius 2 is 2.04 bits per heavy atom. The van der Waals surface area contributed by atoms with Crippen molar-refractivity contribution >= 4 is 75.2 Å². The van der Waals surface area contributed by atoms with Crippen molar-refractivity contribution in [2.75, 3.05) is 7.11 Å². The quantitative estimate of drug-likeness (QED) is 0.265. The topological polar surface area (TPSA) is 51.2 Å². The maximum Gasteiger partial charge on any atom is 0.247 e. The molecular formula is C16H21Cl5N2O2S. The van der Waals surface area contributed by atoms with Crippen molar-refractivity contribution in [2.24, 2.45) is 11.8 Å². The summed E-state index contributed by atoms with van der Waals surface area (Å²) in [4.78, 5) is 16.2. The van der Waals surface area contributed by atoms with Crippen LogP contribution in [0.5, 0.6) is 0 Å². The van der Waals surface area contributed by atoms with E-state index in [0.29, 0.717) is 18.6 Å². The van der Waals surface area contributed by atoms with Crippen molar-refractivity contribution in [3.05, 3.63) is 28.4 Å². The molecule has 1 N–H and O–H groups in total. The Labute approximate surface area is 183 Å². The van der Waals surface area contributed by atoms with Gasteiger partial charge in [0, 0.05) is 30.0 Å². The van der Waals surface area contributed by atoms with Crippen LogP contribution < -0.4 is 5.32 Å². The van der Waals surface area contributed by atoms with Gasteiger partial charge < -0.3 is 10.1 Å². The minimum atomic E-state index is -1.43. The van der Waals surface area contributed by atoms with Gasteiger partial charge in [0.15, 0.2) is 3.79 Å². The first kappa shape index (κ1) is 24.1. The van der Waals surface area contributed by atoms with Gasteiger partial charge in [-0.05, 0) is 12.3 Å². The van der Waals surface area contributed by atoms with Crippen LogP contribution in [0.2, 0.25) is 0 Å². The van der Waals surface area contributed by atoms with E-state index in [2.05, 4.69) is 10.3 Å². The number of nitrogens with one attached hydrogen (secondary N) is 1. The predicted octanol–water partition coefficient (Wildman–Crippen LogP) is 6.06. The van der Waals surface area contributed by atoms with E-state index in [-0.39, 0.29) is 23.8 Å². The third kappa shape index (κ3) is 8.41. The molecule has 148 valence electrons. The molecular weight excluding hydrogens is 462 g/mol. The van der Waals surface area contributed by atoms with Crippen LogP contribution in [-0.2, 0) is 9.53 Å². The SMILES string of the molecule is CO/C(=C\C(=O)NC(CC(C)C(Cl)(Cl)Cl)c1nccs1)CC(C)C(Cl)Cl. The summed E-state index contributed by atoms with van der Waals surface area (Å²) < 4.78 is 3.82. The van der Waals surface area contributed by atoms with Crippen molar-refractivity contribution in [3.63, 3.8) is 0 Å². The molecule has 0 spiro atoms. The molecule has 1 aromatic rings. The molecule has 0 aliphatic rings. The molecule has 1 aromatic heterocycles. The number of hydrogen-bond acceptors (Lipinski definition) is 4. The number of carbonyl (C=O) groups excluding carboxylic acids is 1. The number of aromatic nitrogens is 1. The second-order valence-electron chi connectivity index (χ2n) is 5.94. The van der Waals surface area contributed by atoms with E-state index in [1.54, 1.807) is 13.1 Å². The van der Waals surface area contributed by atoms with Crippen LogP contribution in [0.15, 0.2) is 23.4 Å². The minimum absolute atomic E-state index is 0.0588. The Kier molecular flexibility index (Phi) is 10.4. The molecule has 3 atom stereocenters. The highest BCUT2D eigenvalue weighted by molar-refractivity contribution is 7.09. The average molecular weight is 483 g/mol. The number of halogens is 5. The fourth-order valence-corrected chi connectivity index (χ4v) is 3.23. The number of hydrogen-bond donors (Lipinski definition) is 1. The zero-order valence-corrected chi connectivity index (χ0v) is 19.1. The molecule has 1 rings (SSSR count). The summed E-state index contributed by atoms with van der Waals surface area (Å²) in [5.41, 5.74) is 0. The summed E-state index contributed by atoms with van der Waals surface area (Å²) in [6.07, 6.45) is 3.91. The molecule has 3 unspecified atom stereocenters. The first-order chi connectivity index (χ1) is 12.0. The van der Waals surface area contributed by atoms with Crippen molar-refractivity contribution in [2.45, 2.75) is 41.4 Å². The van der Waals surface area contributed by atoms with Crippen LogP contribution in [0.3, 0.4) is 0 Å². The van der Waals surface area contributed by atoms with Crippen LogP contribution in [0.25, 0.3) is 0 Å². The van der Waals surface area contributed by atoms with E-state index < -0.39 is 8.63 Å². The maximum atomic E-state index is 12.4. The number of ether oxygens (including phenoxy) is 1. The van der Waals surface area contributed by atoms with Gasteiger partial charge >= 0.3 is 0 Å².